The molecule has 7 heteroatoms. The number of carboxylic acids is 1. The van der Waals surface area contributed by atoms with Crippen LogP contribution in [0.25, 0.3) is 0 Å². The number of nitrogens with zero attached hydrogens (tertiary/aromatic N) is 2. The van der Waals surface area contributed by atoms with Crippen molar-refractivity contribution in [2.75, 3.05) is 11.4 Å². The number of hydrogen-bond donors (Lipinski definition) is 1. The summed E-state index contributed by atoms with van der Waals surface area (Å²) in [7, 11) is 0. The molecule has 21 heavy (non-hydrogen) atoms. The van der Waals surface area contributed by atoms with Crippen molar-refractivity contribution in [2.24, 2.45) is 5.92 Å². The van der Waals surface area contributed by atoms with Crippen LogP contribution in [0, 0.1) is 16.0 Å². The van der Waals surface area contributed by atoms with Gasteiger partial charge in [-0.2, -0.15) is 0 Å². The van der Waals surface area contributed by atoms with E-state index in [1.54, 1.807) is 4.90 Å². The average molecular weight is 313 g/mol. The van der Waals surface area contributed by atoms with Gasteiger partial charge in [0, 0.05) is 17.6 Å². The Bertz CT molecular complexity index is 564. The smallest absolute Gasteiger partial charge is 0.326 e. The van der Waals surface area contributed by atoms with E-state index in [1.165, 1.54) is 18.2 Å². The molecule has 2 rings (SSSR count). The first-order valence-electron chi connectivity index (χ1n) is 6.87. The van der Waals surface area contributed by atoms with E-state index < -0.39 is 16.9 Å². The first kappa shape index (κ1) is 15.6. The summed E-state index contributed by atoms with van der Waals surface area (Å²) in [4.78, 5) is 23.8. The second-order valence-corrected chi connectivity index (χ2v) is 5.67. The van der Waals surface area contributed by atoms with Crippen LogP contribution in [0.4, 0.5) is 11.4 Å². The van der Waals surface area contributed by atoms with Crippen molar-refractivity contribution < 1.29 is 14.8 Å². The van der Waals surface area contributed by atoms with Gasteiger partial charge in [0.25, 0.3) is 5.69 Å². The molecule has 2 unspecified atom stereocenters. The van der Waals surface area contributed by atoms with Crippen molar-refractivity contribution in [3.63, 3.8) is 0 Å². The molecular weight excluding hydrogens is 296 g/mol. The van der Waals surface area contributed by atoms with Gasteiger partial charge in [0.1, 0.15) is 11.7 Å². The SMILES string of the molecule is CCC1CCN(c2cc(Cl)ccc2[N+](=O)[O-])C(C(=O)O)C1. The molecule has 1 fully saturated rings. The van der Waals surface area contributed by atoms with Gasteiger partial charge in [-0.3, -0.25) is 10.1 Å². The van der Waals surface area contributed by atoms with E-state index in [-0.39, 0.29) is 11.4 Å². The van der Waals surface area contributed by atoms with E-state index >= 15 is 0 Å². The minimum atomic E-state index is -0.956. The van der Waals surface area contributed by atoms with Crippen LogP contribution >= 0.6 is 11.6 Å². The van der Waals surface area contributed by atoms with Crippen LogP contribution < -0.4 is 4.90 Å². The normalized spacial score (nSPS) is 22.1. The Kier molecular flexibility index (Phi) is 4.67. The zero-order valence-electron chi connectivity index (χ0n) is 11.7. The molecule has 0 spiro atoms. The van der Waals surface area contributed by atoms with Gasteiger partial charge in [0.05, 0.1) is 4.92 Å². The second-order valence-electron chi connectivity index (χ2n) is 5.24. The molecule has 1 N–H and O–H groups in total. The molecule has 1 saturated heterocycles. The Labute approximate surface area is 127 Å². The fourth-order valence-electron chi connectivity index (χ4n) is 2.81. The molecule has 1 aliphatic rings. The fourth-order valence-corrected chi connectivity index (χ4v) is 2.98. The summed E-state index contributed by atoms with van der Waals surface area (Å²) in [5.74, 6) is -0.622. The number of halogens is 1. The Balaban J connectivity index is 2.41. The largest absolute Gasteiger partial charge is 0.480 e. The molecule has 1 heterocycles. The van der Waals surface area contributed by atoms with Crippen LogP contribution in [0.15, 0.2) is 18.2 Å². The van der Waals surface area contributed by atoms with E-state index in [1.807, 2.05) is 6.92 Å². The quantitative estimate of drug-likeness (QED) is 0.681. The maximum Gasteiger partial charge on any atom is 0.326 e. The molecule has 0 aliphatic carbocycles. The minimum Gasteiger partial charge on any atom is -0.480 e. The van der Waals surface area contributed by atoms with Crippen LogP contribution in [0.3, 0.4) is 0 Å². The lowest BCUT2D eigenvalue weighted by molar-refractivity contribution is -0.384. The maximum atomic E-state index is 11.5. The standard InChI is InChI=1S/C14H17ClN2O4/c1-2-9-5-6-16(13(7-9)14(18)19)12-8-10(15)3-4-11(12)17(20)21/h3-4,8-9,13H,2,5-7H2,1H3,(H,18,19). The van der Waals surface area contributed by atoms with Gasteiger partial charge in [-0.1, -0.05) is 24.9 Å². The van der Waals surface area contributed by atoms with Crippen LogP contribution in [0.2, 0.25) is 5.02 Å². The maximum absolute atomic E-state index is 11.5. The number of carbonyl (C=O) groups is 1. The fraction of sp³-hybridized carbons (Fsp3) is 0.500. The van der Waals surface area contributed by atoms with E-state index in [4.69, 9.17) is 11.6 Å². The van der Waals surface area contributed by atoms with Crippen molar-refractivity contribution in [3.8, 4) is 0 Å². The molecule has 0 bridgehead atoms. The van der Waals surface area contributed by atoms with Gasteiger partial charge in [-0.05, 0) is 30.9 Å². The molecule has 0 saturated carbocycles. The van der Waals surface area contributed by atoms with Crippen molar-refractivity contribution in [3.05, 3.63) is 33.3 Å². The first-order chi connectivity index (χ1) is 9.93. The van der Waals surface area contributed by atoms with Crippen LogP contribution in [-0.4, -0.2) is 28.6 Å². The molecule has 1 aromatic rings. The molecule has 6 nitrogen and oxygen atoms in total. The van der Waals surface area contributed by atoms with Crippen LogP contribution in [0.5, 0.6) is 0 Å². The highest BCUT2D eigenvalue weighted by atomic mass is 35.5. The third-order valence-corrected chi connectivity index (χ3v) is 4.25. The lowest BCUT2D eigenvalue weighted by atomic mass is 9.88. The van der Waals surface area contributed by atoms with E-state index in [0.717, 1.165) is 12.8 Å². The number of aliphatic carboxylic acids is 1. The van der Waals surface area contributed by atoms with Crippen LogP contribution in [0.1, 0.15) is 26.2 Å². The Morgan fingerprint density at radius 2 is 2.29 bits per heavy atom. The number of benzene rings is 1. The van der Waals surface area contributed by atoms with Gasteiger partial charge in [0.2, 0.25) is 0 Å². The molecule has 114 valence electrons. The Morgan fingerprint density at radius 1 is 1.57 bits per heavy atom. The predicted octanol–water partition coefficient (Wildman–Crippen LogP) is 3.33. The topological polar surface area (TPSA) is 83.7 Å². The van der Waals surface area contributed by atoms with Gasteiger partial charge >= 0.3 is 5.97 Å². The van der Waals surface area contributed by atoms with Gasteiger partial charge in [0.15, 0.2) is 0 Å². The molecule has 1 aliphatic heterocycles. The highest BCUT2D eigenvalue weighted by molar-refractivity contribution is 6.31. The molecule has 0 aromatic heterocycles. The summed E-state index contributed by atoms with van der Waals surface area (Å²) in [6, 6.07) is 3.49. The number of anilines is 1. The lowest BCUT2D eigenvalue weighted by Gasteiger charge is -2.38. The number of carboxylic acid groups (broad SMARTS) is 1. The monoisotopic (exact) mass is 312 g/mol. The number of piperidine rings is 1. The van der Waals surface area contributed by atoms with Crippen molar-refractivity contribution >= 4 is 28.9 Å². The molecule has 0 amide bonds. The third kappa shape index (κ3) is 3.26. The minimum absolute atomic E-state index is 0.111. The summed E-state index contributed by atoms with van der Waals surface area (Å²) in [6.07, 6.45) is 2.23. The van der Waals surface area contributed by atoms with E-state index in [0.29, 0.717) is 23.9 Å². The molecule has 2 atom stereocenters. The lowest BCUT2D eigenvalue weighted by Crippen LogP contribution is -2.47. The molecule has 0 radical (unpaired) electrons. The predicted molar refractivity (Wildman–Crippen MR) is 79.9 cm³/mol. The average Bonchev–Trinajstić information content (AvgIpc) is 2.46. The highest BCUT2D eigenvalue weighted by Crippen LogP contribution is 2.37. The van der Waals surface area contributed by atoms with Crippen molar-refractivity contribution in [1.29, 1.82) is 0 Å². The third-order valence-electron chi connectivity index (χ3n) is 4.02. The van der Waals surface area contributed by atoms with Crippen molar-refractivity contribution in [2.45, 2.75) is 32.2 Å². The zero-order chi connectivity index (χ0) is 15.6. The summed E-state index contributed by atoms with van der Waals surface area (Å²) in [5, 5.41) is 21.0. The van der Waals surface area contributed by atoms with E-state index in [9.17, 15) is 20.0 Å². The molecular formula is C14H17ClN2O4. The second kappa shape index (κ2) is 6.30. The number of nitro benzene ring substituents is 1. The number of nitro groups is 1. The molecule has 1 aromatic carbocycles. The number of rotatable bonds is 4. The first-order valence-corrected chi connectivity index (χ1v) is 7.25. The number of hydrogen-bond acceptors (Lipinski definition) is 4. The zero-order valence-corrected chi connectivity index (χ0v) is 12.4. The van der Waals surface area contributed by atoms with Gasteiger partial charge < -0.3 is 10.0 Å². The summed E-state index contributed by atoms with van der Waals surface area (Å²) >= 11 is 5.93. The van der Waals surface area contributed by atoms with Crippen molar-refractivity contribution in [1.82, 2.24) is 0 Å². The Hall–Kier alpha value is -1.82. The summed E-state index contributed by atoms with van der Waals surface area (Å²) in [6.45, 7) is 2.51. The van der Waals surface area contributed by atoms with Gasteiger partial charge in [-0.25, -0.2) is 4.79 Å². The summed E-state index contributed by atoms with van der Waals surface area (Å²) < 4.78 is 0. The highest BCUT2D eigenvalue weighted by Gasteiger charge is 2.35. The summed E-state index contributed by atoms with van der Waals surface area (Å²) in [5.41, 5.74) is 0.176. The Morgan fingerprint density at radius 3 is 2.86 bits per heavy atom. The van der Waals surface area contributed by atoms with E-state index in [2.05, 4.69) is 0 Å². The van der Waals surface area contributed by atoms with Crippen LogP contribution in [-0.2, 0) is 4.79 Å². The van der Waals surface area contributed by atoms with Gasteiger partial charge in [-0.15, -0.1) is 0 Å².